The van der Waals surface area contributed by atoms with Crippen LogP contribution >= 0.6 is 15.9 Å². The monoisotopic (exact) mass is 254 g/mol. The third kappa shape index (κ3) is 2.93. The molecule has 0 saturated carbocycles. The third-order valence-corrected chi connectivity index (χ3v) is 2.76. The summed E-state index contributed by atoms with van der Waals surface area (Å²) >= 11 is 3.39. The molecule has 0 saturated heterocycles. The molecule has 0 aliphatic carbocycles. The number of rotatable bonds is 4. The van der Waals surface area contributed by atoms with Gasteiger partial charge >= 0.3 is 0 Å². The Bertz CT molecular complexity index is 325. The van der Waals surface area contributed by atoms with E-state index in [1.165, 1.54) is 5.56 Å². The number of pyridine rings is 1. The van der Waals surface area contributed by atoms with Crippen molar-refractivity contribution in [3.63, 3.8) is 0 Å². The van der Waals surface area contributed by atoms with Gasteiger partial charge in [-0.05, 0) is 34.0 Å². The molecule has 1 aromatic rings. The van der Waals surface area contributed by atoms with E-state index >= 15 is 0 Å². The molecule has 1 heterocycles. The Morgan fingerprint density at radius 2 is 2.36 bits per heavy atom. The maximum absolute atomic E-state index is 5.70. The Morgan fingerprint density at radius 3 is 2.86 bits per heavy atom. The maximum Gasteiger partial charge on any atom is 0.0410 e. The zero-order valence-corrected chi connectivity index (χ0v) is 9.92. The molecule has 1 aromatic heterocycles. The number of hydrogen-bond acceptors (Lipinski definition) is 2. The molecule has 1 unspecified atom stereocenters. The van der Waals surface area contributed by atoms with Gasteiger partial charge in [0.05, 0.1) is 0 Å². The summed E-state index contributed by atoms with van der Waals surface area (Å²) in [5.74, 6) is 0. The summed E-state index contributed by atoms with van der Waals surface area (Å²) in [6.07, 6.45) is 6.42. The van der Waals surface area contributed by atoms with E-state index < -0.39 is 0 Å². The molecule has 2 nitrogen and oxygen atoms in total. The van der Waals surface area contributed by atoms with Gasteiger partial charge in [0.15, 0.2) is 0 Å². The SMILES string of the molecule is C=CC(C)(CN)Cc1cncc(Br)c1. The number of nitrogens with two attached hydrogens (primary N) is 1. The Kier molecular flexibility index (Phi) is 3.84. The molecular weight excluding hydrogens is 240 g/mol. The lowest BCUT2D eigenvalue weighted by molar-refractivity contribution is 0.438. The van der Waals surface area contributed by atoms with Gasteiger partial charge in [0.25, 0.3) is 0 Å². The van der Waals surface area contributed by atoms with E-state index in [0.29, 0.717) is 6.54 Å². The third-order valence-electron chi connectivity index (χ3n) is 2.33. The minimum absolute atomic E-state index is 0.0392. The quantitative estimate of drug-likeness (QED) is 0.839. The van der Waals surface area contributed by atoms with Crippen molar-refractivity contribution in [1.29, 1.82) is 0 Å². The molecule has 2 N–H and O–H groups in total. The van der Waals surface area contributed by atoms with E-state index in [-0.39, 0.29) is 5.41 Å². The Morgan fingerprint density at radius 1 is 1.64 bits per heavy atom. The zero-order valence-electron chi connectivity index (χ0n) is 8.33. The molecule has 0 bridgehead atoms. The number of hydrogen-bond donors (Lipinski definition) is 1. The van der Waals surface area contributed by atoms with E-state index in [0.717, 1.165) is 10.9 Å². The summed E-state index contributed by atoms with van der Waals surface area (Å²) < 4.78 is 0.999. The molecule has 14 heavy (non-hydrogen) atoms. The van der Waals surface area contributed by atoms with Crippen LogP contribution in [0.3, 0.4) is 0 Å². The normalized spacial score (nSPS) is 14.8. The molecule has 0 spiro atoms. The molecule has 0 aliphatic heterocycles. The largest absolute Gasteiger partial charge is 0.330 e. The van der Waals surface area contributed by atoms with Gasteiger partial charge < -0.3 is 5.73 Å². The highest BCUT2D eigenvalue weighted by Crippen LogP contribution is 2.23. The fourth-order valence-electron chi connectivity index (χ4n) is 1.25. The molecule has 0 fully saturated rings. The molecule has 0 radical (unpaired) electrons. The predicted molar refractivity (Wildman–Crippen MR) is 63.0 cm³/mol. The first-order chi connectivity index (χ1) is 6.59. The van der Waals surface area contributed by atoms with Gasteiger partial charge in [-0.25, -0.2) is 0 Å². The highest BCUT2D eigenvalue weighted by atomic mass is 79.9. The van der Waals surface area contributed by atoms with Crippen LogP contribution in [0.4, 0.5) is 0 Å². The summed E-state index contributed by atoms with van der Waals surface area (Å²) in [5, 5.41) is 0. The average Bonchev–Trinajstić information content (AvgIpc) is 2.18. The molecule has 3 heteroatoms. The average molecular weight is 255 g/mol. The Hall–Kier alpha value is -0.670. The van der Waals surface area contributed by atoms with Crippen LogP contribution in [0, 0.1) is 5.41 Å². The number of halogens is 1. The lowest BCUT2D eigenvalue weighted by Crippen LogP contribution is -2.27. The summed E-state index contributed by atoms with van der Waals surface area (Å²) in [7, 11) is 0. The molecule has 0 aromatic carbocycles. The van der Waals surface area contributed by atoms with E-state index in [1.807, 2.05) is 12.3 Å². The smallest absolute Gasteiger partial charge is 0.0410 e. The van der Waals surface area contributed by atoms with Gasteiger partial charge in [-0.3, -0.25) is 4.98 Å². The molecule has 0 amide bonds. The topological polar surface area (TPSA) is 38.9 Å². The van der Waals surface area contributed by atoms with Crippen molar-refractivity contribution in [2.75, 3.05) is 6.54 Å². The van der Waals surface area contributed by atoms with Crippen LogP contribution in [-0.2, 0) is 6.42 Å². The van der Waals surface area contributed by atoms with Gasteiger partial charge in [-0.1, -0.05) is 13.0 Å². The van der Waals surface area contributed by atoms with Crippen LogP contribution in [0.1, 0.15) is 12.5 Å². The van der Waals surface area contributed by atoms with Crippen molar-refractivity contribution in [2.45, 2.75) is 13.3 Å². The van der Waals surface area contributed by atoms with Crippen LogP contribution in [0.2, 0.25) is 0 Å². The van der Waals surface area contributed by atoms with Crippen molar-refractivity contribution in [3.8, 4) is 0 Å². The lowest BCUT2D eigenvalue weighted by Gasteiger charge is -2.23. The van der Waals surface area contributed by atoms with Crippen LogP contribution < -0.4 is 5.73 Å². The first kappa shape index (κ1) is 11.4. The fraction of sp³-hybridized carbons (Fsp3) is 0.364. The van der Waals surface area contributed by atoms with E-state index in [1.54, 1.807) is 6.20 Å². The molecule has 1 atom stereocenters. The van der Waals surface area contributed by atoms with Crippen molar-refractivity contribution in [1.82, 2.24) is 4.98 Å². The van der Waals surface area contributed by atoms with Crippen molar-refractivity contribution >= 4 is 15.9 Å². The summed E-state index contributed by atoms with van der Waals surface area (Å²) in [6.45, 7) is 6.51. The molecular formula is C11H15BrN2. The molecule has 1 rings (SSSR count). The fourth-order valence-corrected chi connectivity index (χ4v) is 1.66. The Balaban J connectivity index is 2.82. The second-order valence-electron chi connectivity index (χ2n) is 3.75. The number of nitrogens with zero attached hydrogens (tertiary/aromatic N) is 1. The van der Waals surface area contributed by atoms with Crippen LogP contribution in [0.5, 0.6) is 0 Å². The van der Waals surface area contributed by atoms with Gasteiger partial charge in [-0.15, -0.1) is 6.58 Å². The van der Waals surface area contributed by atoms with Gasteiger partial charge in [0.1, 0.15) is 0 Å². The highest BCUT2D eigenvalue weighted by molar-refractivity contribution is 9.10. The van der Waals surface area contributed by atoms with E-state index in [9.17, 15) is 0 Å². The van der Waals surface area contributed by atoms with Crippen LogP contribution in [0.15, 0.2) is 35.6 Å². The minimum Gasteiger partial charge on any atom is -0.330 e. The number of aromatic nitrogens is 1. The van der Waals surface area contributed by atoms with Crippen LogP contribution in [-0.4, -0.2) is 11.5 Å². The summed E-state index contributed by atoms with van der Waals surface area (Å²) in [4.78, 5) is 4.11. The second kappa shape index (κ2) is 4.71. The van der Waals surface area contributed by atoms with Crippen molar-refractivity contribution in [3.05, 3.63) is 41.2 Å². The van der Waals surface area contributed by atoms with E-state index in [4.69, 9.17) is 5.73 Å². The molecule has 76 valence electrons. The van der Waals surface area contributed by atoms with Crippen LogP contribution in [0.25, 0.3) is 0 Å². The lowest BCUT2D eigenvalue weighted by atomic mass is 9.84. The summed E-state index contributed by atoms with van der Waals surface area (Å²) in [6, 6.07) is 2.06. The summed E-state index contributed by atoms with van der Waals surface area (Å²) in [5.41, 5.74) is 6.83. The van der Waals surface area contributed by atoms with E-state index in [2.05, 4.69) is 40.5 Å². The Labute approximate surface area is 93.4 Å². The van der Waals surface area contributed by atoms with Crippen molar-refractivity contribution < 1.29 is 0 Å². The van der Waals surface area contributed by atoms with Gasteiger partial charge in [0.2, 0.25) is 0 Å². The zero-order chi connectivity index (χ0) is 10.6. The standard InChI is InChI=1S/C11H15BrN2/c1-3-11(2,8-13)5-9-4-10(12)7-14-6-9/h3-4,6-7H,1,5,8,13H2,2H3. The first-order valence-electron chi connectivity index (χ1n) is 4.53. The van der Waals surface area contributed by atoms with Gasteiger partial charge in [0, 0.05) is 28.8 Å². The first-order valence-corrected chi connectivity index (χ1v) is 5.32. The van der Waals surface area contributed by atoms with Crippen molar-refractivity contribution in [2.24, 2.45) is 11.1 Å². The maximum atomic E-state index is 5.70. The highest BCUT2D eigenvalue weighted by Gasteiger charge is 2.18. The molecule has 0 aliphatic rings. The second-order valence-corrected chi connectivity index (χ2v) is 4.67. The predicted octanol–water partition coefficient (Wildman–Crippen LogP) is 2.54. The minimum atomic E-state index is -0.0392. The van der Waals surface area contributed by atoms with Gasteiger partial charge in [-0.2, -0.15) is 0 Å².